The van der Waals surface area contributed by atoms with E-state index in [0.29, 0.717) is 38.5 Å². The third-order valence-electron chi connectivity index (χ3n) is 22.3. The lowest BCUT2D eigenvalue weighted by Crippen LogP contribution is -2.68. The summed E-state index contributed by atoms with van der Waals surface area (Å²) in [6.45, 7) is 14.1. The molecule has 26 nitrogen and oxygen atoms in total. The van der Waals surface area contributed by atoms with Crippen LogP contribution in [0.4, 0.5) is 0 Å². The zero-order valence-electron chi connectivity index (χ0n) is 49.5. The molecule has 9 fully saturated rings. The van der Waals surface area contributed by atoms with Crippen molar-refractivity contribution in [2.75, 3.05) is 33.0 Å². The quantitative estimate of drug-likeness (QED) is 0.0477. The maximum Gasteiger partial charge on any atom is 0.187 e. The molecular formula is C58H98O26. The van der Waals surface area contributed by atoms with Gasteiger partial charge in [-0.1, -0.05) is 46.3 Å². The van der Waals surface area contributed by atoms with Crippen molar-refractivity contribution in [2.24, 2.45) is 45.3 Å². The molecule has 0 radical (unpaired) electrons. The van der Waals surface area contributed by atoms with Crippen molar-refractivity contribution >= 4 is 0 Å². The molecule has 9 rings (SSSR count). The maximum atomic E-state index is 12.9. The van der Waals surface area contributed by atoms with E-state index in [9.17, 15) is 81.7 Å². The molecule has 0 bridgehead atoms. The molecule has 0 aromatic heterocycles. The topological polar surface area (TPSA) is 416 Å². The number of allylic oxidation sites excluding steroid dienone is 2. The Morgan fingerprint density at radius 3 is 1.63 bits per heavy atom. The molecule has 16 N–H and O–H groups in total. The SMILES string of the molecule is CC(C)=CCC[C@](C)(O[C@@H]1O[C@H](CO[C@@H]2O[C@@H](CO)[C@H](O)[C@H]2O)[C@@H](O)[C@H](O)[C@H]1O)[C@H]1CC[C@]2(C)[C@@H]1[C@H](O)C[C@@H]1[C@@]3(C)CC[C@H](O[C@@H]4O[C@H](CO)[C@@H](O)[C@H](O)[C@H]4O[C@@H]4O[C@H](CO)[C@@H](O)[C@H](O)[C@H]4O[C@@H]4OC[C@@H](O)[C@H](O)[C@H]4O)C(C)(C)[C@@H]3CC[C@]12C. The summed E-state index contributed by atoms with van der Waals surface area (Å²) in [6.07, 6.45) is -30.4. The molecule has 5 aliphatic heterocycles. The van der Waals surface area contributed by atoms with Crippen LogP contribution in [0.5, 0.6) is 0 Å². The monoisotopic (exact) mass is 1210 g/mol. The molecule has 33 atom stereocenters. The molecule has 0 aromatic carbocycles. The van der Waals surface area contributed by atoms with Crippen LogP contribution in [0.3, 0.4) is 0 Å². The summed E-state index contributed by atoms with van der Waals surface area (Å²) >= 11 is 0. The summed E-state index contributed by atoms with van der Waals surface area (Å²) in [7, 11) is 0. The van der Waals surface area contributed by atoms with Crippen molar-refractivity contribution < 1.29 is 129 Å². The van der Waals surface area contributed by atoms with Crippen LogP contribution in [0.25, 0.3) is 0 Å². The van der Waals surface area contributed by atoms with Gasteiger partial charge in [0.05, 0.1) is 50.8 Å². The molecule has 486 valence electrons. The fourth-order valence-electron chi connectivity index (χ4n) is 17.2. The smallest absolute Gasteiger partial charge is 0.187 e. The molecule has 26 heteroatoms. The van der Waals surface area contributed by atoms with Gasteiger partial charge in [0.1, 0.15) is 110 Å². The summed E-state index contributed by atoms with van der Waals surface area (Å²) < 4.78 is 61.0. The molecule has 0 unspecified atom stereocenters. The second-order valence-corrected chi connectivity index (χ2v) is 27.6. The van der Waals surface area contributed by atoms with Crippen LogP contribution >= 0.6 is 0 Å². The Labute approximate surface area is 490 Å². The minimum absolute atomic E-state index is 0.00396. The van der Waals surface area contributed by atoms with E-state index in [2.05, 4.69) is 40.7 Å². The van der Waals surface area contributed by atoms with Gasteiger partial charge < -0.3 is 129 Å². The molecule has 9 aliphatic rings. The Balaban J connectivity index is 0.935. The van der Waals surface area contributed by atoms with E-state index in [4.69, 9.17) is 47.4 Å². The highest BCUT2D eigenvalue weighted by atomic mass is 16.8. The zero-order chi connectivity index (χ0) is 61.5. The molecule has 5 heterocycles. The number of ether oxygens (including phenoxy) is 10. The second-order valence-electron chi connectivity index (χ2n) is 27.6. The van der Waals surface area contributed by atoms with E-state index in [0.717, 1.165) is 24.8 Å². The normalized spacial score (nSPS) is 52.9. The zero-order valence-corrected chi connectivity index (χ0v) is 49.5. The third-order valence-corrected chi connectivity index (χ3v) is 22.3. The van der Waals surface area contributed by atoms with Crippen LogP contribution in [0.15, 0.2) is 11.6 Å². The van der Waals surface area contributed by atoms with Crippen LogP contribution < -0.4 is 0 Å². The van der Waals surface area contributed by atoms with Crippen molar-refractivity contribution in [1.82, 2.24) is 0 Å². The van der Waals surface area contributed by atoms with Crippen molar-refractivity contribution in [2.45, 2.75) is 272 Å². The summed E-state index contributed by atoms with van der Waals surface area (Å²) in [5.41, 5.74) is -1.75. The van der Waals surface area contributed by atoms with Gasteiger partial charge >= 0.3 is 0 Å². The largest absolute Gasteiger partial charge is 0.394 e. The molecular weight excluding hydrogens is 1110 g/mol. The van der Waals surface area contributed by atoms with Gasteiger partial charge in [0.25, 0.3) is 0 Å². The van der Waals surface area contributed by atoms with Crippen molar-refractivity contribution in [1.29, 1.82) is 0 Å². The highest BCUT2D eigenvalue weighted by Crippen LogP contribution is 2.76. The Morgan fingerprint density at radius 1 is 0.524 bits per heavy atom. The Hall–Kier alpha value is -1.30. The summed E-state index contributed by atoms with van der Waals surface area (Å²) in [4.78, 5) is 0. The first-order valence-electron chi connectivity index (χ1n) is 30.2. The lowest BCUT2D eigenvalue weighted by atomic mass is 9.35. The van der Waals surface area contributed by atoms with E-state index in [-0.39, 0.29) is 34.5 Å². The minimum atomic E-state index is -1.88. The first kappa shape index (κ1) is 67.1. The first-order chi connectivity index (χ1) is 39.4. The van der Waals surface area contributed by atoms with Gasteiger partial charge in [-0.25, -0.2) is 0 Å². The predicted octanol–water partition coefficient (Wildman–Crippen LogP) is -3.10. The molecule has 5 saturated heterocycles. The summed E-state index contributed by atoms with van der Waals surface area (Å²) in [5.74, 6) is -0.575. The number of aliphatic hydroxyl groups is 16. The first-order valence-corrected chi connectivity index (χ1v) is 30.2. The Kier molecular flexibility index (Phi) is 20.6. The van der Waals surface area contributed by atoms with Crippen LogP contribution in [0, 0.1) is 45.3 Å². The predicted molar refractivity (Wildman–Crippen MR) is 287 cm³/mol. The van der Waals surface area contributed by atoms with Gasteiger partial charge in [-0.2, -0.15) is 0 Å². The fraction of sp³-hybridized carbons (Fsp3) is 0.966. The standard InChI is InChI=1S/C58H98O26/c1-24(2)10-9-14-58(8,84-51-46(74)41(69)40(68)31(80-51)23-76-49-45(73)39(67)30(21-61)77-49)25-11-16-57(7)35(25)26(62)18-33-55(5)15-13-34(54(3,4)32(55)12-17-56(33,57)6)81-52-47(42(70)37(65)28(19-59)78-52)83-53-48(43(71)38(66)29(20-60)79-53)82-50-44(72)36(64)27(63)22-75-50/h10,25-53,59-74H,9,11-23H2,1-8H3/t25-,26+,27+,28+,29+,30-,31+,32-,33+,34-,35-,36-,37+,38+,39-,40+,41-,42-,43-,44+,45+,46+,47+,48+,49+,50-,51-,52-,53-,55-,56+,57+,58-/m0/s1. The minimum Gasteiger partial charge on any atom is -0.394 e. The number of fused-ring (bicyclic) bond motifs is 5. The number of hydrogen-bond donors (Lipinski definition) is 16. The molecule has 4 saturated carbocycles. The van der Waals surface area contributed by atoms with Gasteiger partial charge in [-0.3, -0.25) is 0 Å². The van der Waals surface area contributed by atoms with Crippen LogP contribution in [0.1, 0.15) is 113 Å². The van der Waals surface area contributed by atoms with Gasteiger partial charge in [0.2, 0.25) is 0 Å². The molecule has 0 aromatic rings. The summed E-state index contributed by atoms with van der Waals surface area (Å²) in [5, 5.41) is 174. The molecule has 0 spiro atoms. The lowest BCUT2D eigenvalue weighted by molar-refractivity contribution is -0.395. The maximum absolute atomic E-state index is 12.9. The number of rotatable bonds is 18. The number of hydrogen-bond acceptors (Lipinski definition) is 26. The van der Waals surface area contributed by atoms with Crippen molar-refractivity contribution in [3.8, 4) is 0 Å². The van der Waals surface area contributed by atoms with Gasteiger partial charge in [-0.05, 0) is 124 Å². The van der Waals surface area contributed by atoms with E-state index in [1.807, 2.05) is 20.8 Å². The Morgan fingerprint density at radius 2 is 1.04 bits per heavy atom. The van der Waals surface area contributed by atoms with Crippen molar-refractivity contribution in [3.63, 3.8) is 0 Å². The molecule has 84 heavy (non-hydrogen) atoms. The Bertz CT molecular complexity index is 2210. The van der Waals surface area contributed by atoms with E-state index in [1.165, 1.54) is 0 Å². The fourth-order valence-corrected chi connectivity index (χ4v) is 17.2. The lowest BCUT2D eigenvalue weighted by Gasteiger charge is -2.71. The van der Waals surface area contributed by atoms with E-state index < -0.39 is 203 Å². The second kappa shape index (κ2) is 25.8. The van der Waals surface area contributed by atoms with E-state index >= 15 is 0 Å². The summed E-state index contributed by atoms with van der Waals surface area (Å²) in [6, 6.07) is 0. The van der Waals surface area contributed by atoms with Crippen molar-refractivity contribution in [3.05, 3.63) is 11.6 Å². The number of aliphatic hydroxyl groups excluding tert-OH is 16. The van der Waals surface area contributed by atoms with E-state index in [1.54, 1.807) is 0 Å². The van der Waals surface area contributed by atoms with Crippen LogP contribution in [-0.2, 0) is 47.4 Å². The molecule has 0 amide bonds. The van der Waals surface area contributed by atoms with Crippen LogP contribution in [-0.4, -0.2) is 274 Å². The molecule has 4 aliphatic carbocycles. The van der Waals surface area contributed by atoms with Gasteiger partial charge in [0, 0.05) is 0 Å². The van der Waals surface area contributed by atoms with Gasteiger partial charge in [0.15, 0.2) is 31.5 Å². The van der Waals surface area contributed by atoms with Gasteiger partial charge in [-0.15, -0.1) is 0 Å². The highest BCUT2D eigenvalue weighted by Gasteiger charge is 2.72. The average molecular weight is 1210 g/mol. The highest BCUT2D eigenvalue weighted by molar-refractivity contribution is 5.21. The third kappa shape index (κ3) is 11.9. The van der Waals surface area contributed by atoms with Crippen LogP contribution in [0.2, 0.25) is 0 Å². The average Bonchev–Trinajstić information content (AvgIpc) is 1.31.